The average molecular weight is 511 g/mol. The third kappa shape index (κ3) is 7.47. The number of hydrogen-bond acceptors (Lipinski definition) is 6. The molecular weight excluding hydrogens is 488 g/mol. The Labute approximate surface area is 200 Å². The highest BCUT2D eigenvalue weighted by Gasteiger charge is 2.14. The zero-order valence-electron chi connectivity index (χ0n) is 18.2. The molecule has 0 saturated heterocycles. The van der Waals surface area contributed by atoms with Gasteiger partial charge in [0.15, 0.2) is 6.10 Å². The molecule has 33 heavy (non-hydrogen) atoms. The summed E-state index contributed by atoms with van der Waals surface area (Å²) in [7, 11) is 0. The van der Waals surface area contributed by atoms with E-state index in [9.17, 15) is 9.59 Å². The van der Waals surface area contributed by atoms with Crippen molar-refractivity contribution in [3.05, 3.63) is 88.4 Å². The molecule has 1 unspecified atom stereocenters. The van der Waals surface area contributed by atoms with Crippen LogP contribution in [0.4, 0.5) is 0 Å². The summed E-state index contributed by atoms with van der Waals surface area (Å²) in [6.45, 7) is 4.09. The summed E-state index contributed by atoms with van der Waals surface area (Å²) in [6, 6.07) is 20.7. The maximum atomic E-state index is 12.3. The highest BCUT2D eigenvalue weighted by atomic mass is 79.9. The Hall–Kier alpha value is -3.65. The van der Waals surface area contributed by atoms with Crippen molar-refractivity contribution in [2.75, 3.05) is 6.61 Å². The second-order valence-corrected chi connectivity index (χ2v) is 7.78. The van der Waals surface area contributed by atoms with Gasteiger partial charge in [-0.25, -0.2) is 10.2 Å². The molecule has 3 aromatic carbocycles. The number of carbonyl (C=O) groups is 2. The van der Waals surface area contributed by atoms with Crippen LogP contribution in [0.2, 0.25) is 0 Å². The van der Waals surface area contributed by atoms with Gasteiger partial charge >= 0.3 is 5.97 Å². The molecule has 3 aromatic rings. The summed E-state index contributed by atoms with van der Waals surface area (Å²) in [4.78, 5) is 24.4. The van der Waals surface area contributed by atoms with E-state index in [-0.39, 0.29) is 5.91 Å². The van der Waals surface area contributed by atoms with Crippen molar-refractivity contribution in [1.82, 2.24) is 5.43 Å². The Balaban J connectivity index is 1.48. The lowest BCUT2D eigenvalue weighted by Gasteiger charge is -2.12. The quantitative estimate of drug-likeness (QED) is 0.190. The van der Waals surface area contributed by atoms with Crippen molar-refractivity contribution in [3.63, 3.8) is 0 Å². The number of halogens is 1. The summed E-state index contributed by atoms with van der Waals surface area (Å²) in [5.41, 5.74) is 3.59. The molecule has 170 valence electrons. The van der Waals surface area contributed by atoms with Crippen LogP contribution in [0.15, 0.2) is 82.4 Å². The molecule has 7 nitrogen and oxygen atoms in total. The Kier molecular flexibility index (Phi) is 8.60. The number of esters is 1. The van der Waals surface area contributed by atoms with E-state index in [4.69, 9.17) is 14.2 Å². The number of nitrogens with zero attached hydrogens (tertiary/aromatic N) is 1. The third-order valence-corrected chi connectivity index (χ3v) is 4.90. The van der Waals surface area contributed by atoms with Gasteiger partial charge in [0.1, 0.15) is 17.2 Å². The number of hydrogen-bond donors (Lipinski definition) is 1. The largest absolute Gasteiger partial charge is 0.494 e. The van der Waals surface area contributed by atoms with E-state index >= 15 is 0 Å². The summed E-state index contributed by atoms with van der Waals surface area (Å²) < 4.78 is 17.2. The number of ether oxygens (including phenoxy) is 3. The molecule has 0 fully saturated rings. The van der Waals surface area contributed by atoms with Gasteiger partial charge in [-0.3, -0.25) is 4.79 Å². The van der Waals surface area contributed by atoms with Gasteiger partial charge in [0, 0.05) is 4.47 Å². The molecule has 8 heteroatoms. The van der Waals surface area contributed by atoms with Gasteiger partial charge in [0.25, 0.3) is 5.91 Å². The van der Waals surface area contributed by atoms with Crippen molar-refractivity contribution in [3.8, 4) is 17.2 Å². The van der Waals surface area contributed by atoms with Crippen LogP contribution in [0.3, 0.4) is 0 Å². The maximum Gasteiger partial charge on any atom is 0.343 e. The van der Waals surface area contributed by atoms with Gasteiger partial charge in [-0.05, 0) is 92.2 Å². The van der Waals surface area contributed by atoms with Crippen LogP contribution in [-0.4, -0.2) is 30.8 Å². The smallest absolute Gasteiger partial charge is 0.343 e. The summed E-state index contributed by atoms with van der Waals surface area (Å²) in [5, 5.41) is 3.95. The first-order valence-electron chi connectivity index (χ1n) is 10.2. The fraction of sp³-hybridized carbons (Fsp3) is 0.160. The fourth-order valence-electron chi connectivity index (χ4n) is 2.67. The SMILES string of the molecule is CCOc1ccc(C(=O)Oc2ccc(/C=N/NC(=O)C(C)Oc3ccc(Br)cc3)cc2)cc1. The van der Waals surface area contributed by atoms with Crippen molar-refractivity contribution in [2.24, 2.45) is 5.10 Å². The molecule has 0 aliphatic heterocycles. The molecule has 0 spiro atoms. The van der Waals surface area contributed by atoms with Gasteiger partial charge < -0.3 is 14.2 Å². The molecule has 0 radical (unpaired) electrons. The van der Waals surface area contributed by atoms with E-state index in [0.29, 0.717) is 29.4 Å². The number of carbonyl (C=O) groups excluding carboxylic acids is 2. The molecule has 0 heterocycles. The molecule has 0 aromatic heterocycles. The van der Waals surface area contributed by atoms with E-state index in [2.05, 4.69) is 26.5 Å². The molecule has 0 aliphatic carbocycles. The van der Waals surface area contributed by atoms with Crippen LogP contribution in [0.5, 0.6) is 17.2 Å². The lowest BCUT2D eigenvalue weighted by Crippen LogP contribution is -2.33. The van der Waals surface area contributed by atoms with Crippen LogP contribution in [-0.2, 0) is 4.79 Å². The lowest BCUT2D eigenvalue weighted by atomic mass is 10.2. The predicted molar refractivity (Wildman–Crippen MR) is 129 cm³/mol. The normalized spacial score (nSPS) is 11.6. The molecule has 0 aliphatic rings. The van der Waals surface area contributed by atoms with Crippen molar-refractivity contribution in [2.45, 2.75) is 20.0 Å². The first kappa shape index (κ1) is 24.0. The fourth-order valence-corrected chi connectivity index (χ4v) is 2.94. The first-order valence-corrected chi connectivity index (χ1v) is 11.0. The minimum atomic E-state index is -0.715. The van der Waals surface area contributed by atoms with E-state index in [1.54, 1.807) is 67.6 Å². The zero-order chi connectivity index (χ0) is 23.6. The third-order valence-electron chi connectivity index (χ3n) is 4.38. The number of hydrazone groups is 1. The molecule has 1 amide bonds. The second-order valence-electron chi connectivity index (χ2n) is 6.86. The number of nitrogens with one attached hydrogen (secondary N) is 1. The van der Waals surface area contributed by atoms with Gasteiger partial charge in [-0.1, -0.05) is 15.9 Å². The van der Waals surface area contributed by atoms with E-state index < -0.39 is 12.1 Å². The molecular formula is C25H23BrN2O5. The minimum absolute atomic E-state index is 0.380. The number of benzene rings is 3. The predicted octanol–water partition coefficient (Wildman–Crippen LogP) is 4.98. The second kappa shape index (κ2) is 11.8. The molecule has 3 rings (SSSR count). The lowest BCUT2D eigenvalue weighted by molar-refractivity contribution is -0.127. The Morgan fingerprint density at radius 1 is 0.939 bits per heavy atom. The maximum absolute atomic E-state index is 12.3. The van der Waals surface area contributed by atoms with E-state index in [1.807, 2.05) is 19.1 Å². The summed E-state index contributed by atoms with van der Waals surface area (Å²) in [5.74, 6) is 0.826. The first-order chi connectivity index (χ1) is 15.9. The Bertz CT molecular complexity index is 1100. The van der Waals surface area contributed by atoms with Crippen LogP contribution in [0, 0.1) is 0 Å². The number of amides is 1. The zero-order valence-corrected chi connectivity index (χ0v) is 19.7. The highest BCUT2D eigenvalue weighted by Crippen LogP contribution is 2.18. The molecule has 0 bridgehead atoms. The standard InChI is InChI=1S/C25H23BrN2O5/c1-3-31-21-12-6-19(7-13-21)25(30)33-23-10-4-18(5-11-23)16-27-28-24(29)17(2)32-22-14-8-20(26)9-15-22/h4-17H,3H2,1-2H3,(H,28,29)/b27-16+. The van der Waals surface area contributed by atoms with Crippen molar-refractivity contribution >= 4 is 34.0 Å². The molecule has 0 saturated carbocycles. The highest BCUT2D eigenvalue weighted by molar-refractivity contribution is 9.10. The van der Waals surface area contributed by atoms with Crippen LogP contribution < -0.4 is 19.6 Å². The monoisotopic (exact) mass is 510 g/mol. The van der Waals surface area contributed by atoms with E-state index in [1.165, 1.54) is 6.21 Å². The van der Waals surface area contributed by atoms with Crippen molar-refractivity contribution in [1.29, 1.82) is 0 Å². The molecule has 1 N–H and O–H groups in total. The topological polar surface area (TPSA) is 86.2 Å². The summed E-state index contributed by atoms with van der Waals surface area (Å²) in [6.07, 6.45) is 0.773. The Morgan fingerprint density at radius 3 is 2.18 bits per heavy atom. The van der Waals surface area contributed by atoms with Gasteiger partial charge in [-0.2, -0.15) is 5.10 Å². The van der Waals surface area contributed by atoms with Crippen LogP contribution >= 0.6 is 15.9 Å². The van der Waals surface area contributed by atoms with Gasteiger partial charge in [0.2, 0.25) is 0 Å². The van der Waals surface area contributed by atoms with Gasteiger partial charge in [0.05, 0.1) is 18.4 Å². The number of rotatable bonds is 9. The van der Waals surface area contributed by atoms with Crippen LogP contribution in [0.1, 0.15) is 29.8 Å². The van der Waals surface area contributed by atoms with E-state index in [0.717, 1.165) is 10.0 Å². The van der Waals surface area contributed by atoms with Crippen molar-refractivity contribution < 1.29 is 23.8 Å². The molecule has 1 atom stereocenters. The van der Waals surface area contributed by atoms with Crippen LogP contribution in [0.25, 0.3) is 0 Å². The average Bonchev–Trinajstić information content (AvgIpc) is 2.82. The summed E-state index contributed by atoms with van der Waals surface area (Å²) >= 11 is 3.35. The Morgan fingerprint density at radius 2 is 1.55 bits per heavy atom. The van der Waals surface area contributed by atoms with Gasteiger partial charge in [-0.15, -0.1) is 0 Å². The minimum Gasteiger partial charge on any atom is -0.494 e.